The number of benzene rings is 3. The summed E-state index contributed by atoms with van der Waals surface area (Å²) in [6, 6.07) is 19.3. The summed E-state index contributed by atoms with van der Waals surface area (Å²) in [5, 5.41) is 2.93. The molecule has 3 aliphatic rings. The molecule has 2 amide bonds. The van der Waals surface area contributed by atoms with E-state index in [1.54, 1.807) is 12.1 Å². The van der Waals surface area contributed by atoms with Crippen molar-refractivity contribution in [2.75, 3.05) is 73.7 Å². The maximum Gasteiger partial charge on any atom is 0.309 e. The number of nitrogens with zero attached hydrogens (tertiary/aromatic N) is 3. The zero-order valence-corrected chi connectivity index (χ0v) is 33.7. The van der Waals surface area contributed by atoms with Crippen molar-refractivity contribution >= 4 is 41.0 Å². The number of rotatable bonds is 13. The fraction of sp³-hybridized carbons (Fsp3) is 0.500. The largest absolute Gasteiger partial charge is 0.493 e. The average molecular weight is 796 g/mol. The van der Waals surface area contributed by atoms with Crippen molar-refractivity contribution in [3.63, 3.8) is 0 Å². The summed E-state index contributed by atoms with van der Waals surface area (Å²) in [5.41, 5.74) is 4.69. The van der Waals surface area contributed by atoms with E-state index in [-0.39, 0.29) is 29.1 Å². The van der Waals surface area contributed by atoms with Gasteiger partial charge < -0.3 is 28.7 Å². The molecule has 296 valence electrons. The number of hydrogen-bond acceptors (Lipinski definition) is 9. The van der Waals surface area contributed by atoms with Crippen LogP contribution in [-0.2, 0) is 25.2 Å². The lowest BCUT2D eigenvalue weighted by Crippen LogP contribution is -2.57. The third-order valence-electron chi connectivity index (χ3n) is 11.8. The molecule has 6 rings (SSSR count). The minimum Gasteiger partial charge on any atom is -0.493 e. The number of hydrazine groups is 1. The van der Waals surface area contributed by atoms with E-state index in [1.165, 1.54) is 21.3 Å². The lowest BCUT2D eigenvalue weighted by atomic mass is 9.71. The minimum atomic E-state index is -0.686. The molecular weight excluding hydrogens is 743 g/mol. The Morgan fingerprint density at radius 2 is 1.47 bits per heavy atom. The second-order valence-electron chi connectivity index (χ2n) is 14.8. The van der Waals surface area contributed by atoms with Gasteiger partial charge in [0.2, 0.25) is 11.7 Å². The minimum absolute atomic E-state index is 0.00282. The van der Waals surface area contributed by atoms with Crippen LogP contribution in [0.4, 0.5) is 0 Å². The van der Waals surface area contributed by atoms with E-state index in [1.807, 2.05) is 53.2 Å². The molecule has 0 unspecified atom stereocenters. The smallest absolute Gasteiger partial charge is 0.309 e. The Labute approximate surface area is 334 Å². The van der Waals surface area contributed by atoms with Gasteiger partial charge in [0.25, 0.3) is 5.91 Å². The Bertz CT molecular complexity index is 1800. The number of esters is 1. The van der Waals surface area contributed by atoms with Gasteiger partial charge in [0.05, 0.1) is 49.3 Å². The number of carbonyl (C=O) groups excluding carboxylic acids is 3. The number of nitrogens with one attached hydrogen (secondary N) is 1. The molecule has 1 N–H and O–H groups in total. The number of carbonyl (C=O) groups is 3. The Hall–Kier alpha value is -4.03. The van der Waals surface area contributed by atoms with E-state index >= 15 is 0 Å². The van der Waals surface area contributed by atoms with Crippen molar-refractivity contribution < 1.29 is 33.3 Å². The Balaban J connectivity index is 1.16. The first-order valence-electron chi connectivity index (χ1n) is 19.1. The molecule has 3 fully saturated rings. The summed E-state index contributed by atoms with van der Waals surface area (Å²) in [4.78, 5) is 45.0. The highest BCUT2D eigenvalue weighted by Crippen LogP contribution is 2.43. The lowest BCUT2D eigenvalue weighted by molar-refractivity contribution is -0.150. The maximum absolute atomic E-state index is 14.3. The molecule has 0 bridgehead atoms. The van der Waals surface area contributed by atoms with Gasteiger partial charge in [-0.25, -0.2) is 5.01 Å². The summed E-state index contributed by atoms with van der Waals surface area (Å²) in [7, 11) is 4.60. The highest BCUT2D eigenvalue weighted by Gasteiger charge is 2.46. The van der Waals surface area contributed by atoms with Crippen LogP contribution >= 0.6 is 23.2 Å². The van der Waals surface area contributed by atoms with E-state index in [2.05, 4.69) is 22.5 Å². The fourth-order valence-corrected chi connectivity index (χ4v) is 8.81. The molecular formula is C42H52Cl2N4O7. The van der Waals surface area contributed by atoms with Crippen LogP contribution in [0.25, 0.3) is 0 Å². The second kappa shape index (κ2) is 17.8. The van der Waals surface area contributed by atoms with Crippen molar-refractivity contribution in [3.8, 4) is 17.2 Å². The summed E-state index contributed by atoms with van der Waals surface area (Å²) in [6.45, 7) is 6.70. The molecule has 55 heavy (non-hydrogen) atoms. The molecule has 0 aromatic heterocycles. The van der Waals surface area contributed by atoms with Gasteiger partial charge in [0.15, 0.2) is 11.5 Å². The molecule has 3 heterocycles. The third kappa shape index (κ3) is 8.70. The summed E-state index contributed by atoms with van der Waals surface area (Å²) in [5.74, 6) is 0.858. The molecule has 11 nitrogen and oxygen atoms in total. The molecule has 0 aliphatic carbocycles. The summed E-state index contributed by atoms with van der Waals surface area (Å²) < 4.78 is 21.8. The zero-order valence-electron chi connectivity index (χ0n) is 32.2. The second-order valence-corrected chi connectivity index (χ2v) is 15.6. The number of amides is 2. The van der Waals surface area contributed by atoms with E-state index in [9.17, 15) is 14.4 Å². The average Bonchev–Trinajstić information content (AvgIpc) is 3.66. The zero-order chi connectivity index (χ0) is 39.2. The number of piperidine rings is 2. The van der Waals surface area contributed by atoms with Gasteiger partial charge in [-0.05, 0) is 100 Å². The van der Waals surface area contributed by atoms with Crippen LogP contribution in [0, 0.1) is 5.92 Å². The monoisotopic (exact) mass is 794 g/mol. The van der Waals surface area contributed by atoms with Gasteiger partial charge >= 0.3 is 5.97 Å². The quantitative estimate of drug-likeness (QED) is 0.193. The lowest BCUT2D eigenvalue weighted by Gasteiger charge is -2.43. The molecule has 3 aromatic carbocycles. The van der Waals surface area contributed by atoms with Crippen LogP contribution in [0.1, 0.15) is 66.9 Å². The van der Waals surface area contributed by atoms with Gasteiger partial charge in [-0.2, -0.15) is 0 Å². The molecule has 0 radical (unpaired) electrons. The van der Waals surface area contributed by atoms with E-state index in [4.69, 9.17) is 42.1 Å². The molecule has 0 saturated carbocycles. The van der Waals surface area contributed by atoms with Crippen LogP contribution in [0.15, 0.2) is 60.7 Å². The third-order valence-corrected chi connectivity index (χ3v) is 12.6. The Morgan fingerprint density at radius 1 is 0.800 bits per heavy atom. The van der Waals surface area contributed by atoms with Crippen LogP contribution < -0.4 is 19.6 Å². The molecule has 13 heteroatoms. The van der Waals surface area contributed by atoms with Crippen molar-refractivity contribution in [3.05, 3.63) is 87.4 Å². The van der Waals surface area contributed by atoms with Crippen LogP contribution in [0.5, 0.6) is 17.2 Å². The summed E-state index contributed by atoms with van der Waals surface area (Å²) >= 11 is 13.0. The van der Waals surface area contributed by atoms with E-state index in [0.717, 1.165) is 43.6 Å². The number of ether oxygens (including phenoxy) is 4. The Morgan fingerprint density at radius 3 is 2.07 bits per heavy atom. The first kappa shape index (κ1) is 40.6. The van der Waals surface area contributed by atoms with Gasteiger partial charge in [0.1, 0.15) is 0 Å². The van der Waals surface area contributed by atoms with Crippen molar-refractivity contribution in [2.24, 2.45) is 5.92 Å². The first-order chi connectivity index (χ1) is 26.6. The Kier molecular flexibility index (Phi) is 13.2. The molecule has 0 spiro atoms. The van der Waals surface area contributed by atoms with Crippen molar-refractivity contribution in [2.45, 2.75) is 56.3 Å². The van der Waals surface area contributed by atoms with Gasteiger partial charge in [0, 0.05) is 37.2 Å². The number of hydrogen-bond donors (Lipinski definition) is 1. The first-order valence-corrected chi connectivity index (χ1v) is 19.9. The topological polar surface area (TPSA) is 110 Å². The highest BCUT2D eigenvalue weighted by atomic mass is 35.5. The van der Waals surface area contributed by atoms with Gasteiger partial charge in [-0.3, -0.25) is 19.8 Å². The molecule has 3 aromatic rings. The van der Waals surface area contributed by atoms with E-state index < -0.39 is 5.41 Å². The SMILES string of the molecule is CCOC(=O)C1CCN(NC(=O)C2(c3ccccc3)CCN(CC[C@]3(c4ccc(Cl)c(Cl)c4)CCN(C(=O)c4cc(OC)c(OC)c(OC)c4)C3)CC2)CC1. The number of likely N-dealkylation sites (tertiary alicyclic amines) is 2. The predicted octanol–water partition coefficient (Wildman–Crippen LogP) is 6.53. The standard InChI is InChI=1S/C42H52Cl2N4O7/c1-5-55-39(50)29-13-19-48(20-14-29)45-40(51)42(31-9-7-6-8-10-31)17-22-46(23-18-42)21-15-41(32-11-12-33(43)34(44)27-32)16-24-47(28-41)38(49)30-25-35(52-2)37(54-4)36(26-30)53-3/h6-12,25-27,29H,5,13-24,28H2,1-4H3,(H,45,51)/t41-/m0/s1. The number of halogens is 2. The van der Waals surface area contributed by atoms with Crippen LogP contribution in [0.2, 0.25) is 10.0 Å². The molecule has 3 saturated heterocycles. The van der Waals surface area contributed by atoms with Crippen LogP contribution in [-0.4, -0.2) is 106 Å². The number of methoxy groups -OCH3 is 3. The predicted molar refractivity (Wildman–Crippen MR) is 212 cm³/mol. The van der Waals surface area contributed by atoms with Crippen LogP contribution in [0.3, 0.4) is 0 Å². The summed E-state index contributed by atoms with van der Waals surface area (Å²) in [6.07, 6.45) is 4.15. The van der Waals surface area contributed by atoms with Crippen molar-refractivity contribution in [1.29, 1.82) is 0 Å². The molecule has 1 atom stereocenters. The van der Waals surface area contributed by atoms with E-state index in [0.29, 0.717) is 91.3 Å². The highest BCUT2D eigenvalue weighted by molar-refractivity contribution is 6.42. The van der Waals surface area contributed by atoms with Crippen molar-refractivity contribution in [1.82, 2.24) is 20.2 Å². The maximum atomic E-state index is 14.3. The van der Waals surface area contributed by atoms with Gasteiger partial charge in [-0.15, -0.1) is 0 Å². The molecule has 3 aliphatic heterocycles. The van der Waals surface area contributed by atoms with Gasteiger partial charge in [-0.1, -0.05) is 59.6 Å². The fourth-order valence-electron chi connectivity index (χ4n) is 8.52. The normalized spacial score (nSPS) is 20.5.